The van der Waals surface area contributed by atoms with E-state index in [0.29, 0.717) is 0 Å². The number of fused-ring (bicyclic) bond motifs is 2. The second kappa shape index (κ2) is 14.1. The SMILES string of the molecule is C.CC.CC.CC.c1ccc([S+]2c3ccccc3Cc3ccccc32)cc1. The normalized spacial score (nSPS) is 10.7. The van der Waals surface area contributed by atoms with Gasteiger partial charge < -0.3 is 0 Å². The number of rotatable bonds is 1. The average Bonchev–Trinajstić information content (AvgIpc) is 2.77. The Labute approximate surface area is 171 Å². The molecular weight excluding hydrogens is 344 g/mol. The highest BCUT2D eigenvalue weighted by Crippen LogP contribution is 2.39. The first-order valence-electron chi connectivity index (χ1n) is 9.88. The molecule has 0 fully saturated rings. The Bertz CT molecular complexity index is 701. The van der Waals surface area contributed by atoms with Crippen molar-refractivity contribution in [3.8, 4) is 0 Å². The van der Waals surface area contributed by atoms with E-state index in [0.717, 1.165) is 6.42 Å². The zero-order valence-electron chi connectivity index (χ0n) is 17.1. The van der Waals surface area contributed by atoms with Crippen molar-refractivity contribution in [3.63, 3.8) is 0 Å². The summed E-state index contributed by atoms with van der Waals surface area (Å²) >= 11 is 0. The van der Waals surface area contributed by atoms with Crippen molar-refractivity contribution < 1.29 is 0 Å². The van der Waals surface area contributed by atoms with Crippen LogP contribution >= 0.6 is 0 Å². The fourth-order valence-electron chi connectivity index (χ4n) is 2.83. The third-order valence-electron chi connectivity index (χ3n) is 3.74. The highest BCUT2D eigenvalue weighted by atomic mass is 32.2. The number of hydrogen-bond donors (Lipinski definition) is 0. The van der Waals surface area contributed by atoms with E-state index >= 15 is 0 Å². The van der Waals surface area contributed by atoms with Crippen LogP contribution < -0.4 is 0 Å². The van der Waals surface area contributed by atoms with Crippen molar-refractivity contribution >= 4 is 10.9 Å². The first-order valence-corrected chi connectivity index (χ1v) is 11.1. The molecule has 146 valence electrons. The van der Waals surface area contributed by atoms with Crippen LogP contribution in [0.2, 0.25) is 0 Å². The molecular formula is C26H37S+. The van der Waals surface area contributed by atoms with Crippen molar-refractivity contribution in [1.29, 1.82) is 0 Å². The van der Waals surface area contributed by atoms with E-state index in [1.54, 1.807) is 0 Å². The van der Waals surface area contributed by atoms with Crippen LogP contribution in [-0.2, 0) is 17.3 Å². The zero-order valence-corrected chi connectivity index (χ0v) is 17.9. The summed E-state index contributed by atoms with van der Waals surface area (Å²) in [5.74, 6) is 0. The van der Waals surface area contributed by atoms with Crippen LogP contribution in [0.5, 0.6) is 0 Å². The largest absolute Gasteiger partial charge is 0.170 e. The molecule has 0 unspecified atom stereocenters. The van der Waals surface area contributed by atoms with Crippen molar-refractivity contribution in [2.45, 2.75) is 70.1 Å². The Morgan fingerprint density at radius 3 is 1.33 bits per heavy atom. The Hall–Kier alpha value is -1.99. The van der Waals surface area contributed by atoms with Gasteiger partial charge in [0.1, 0.15) is 0 Å². The molecule has 3 aromatic rings. The Morgan fingerprint density at radius 2 is 0.889 bits per heavy atom. The highest BCUT2D eigenvalue weighted by Gasteiger charge is 2.36. The van der Waals surface area contributed by atoms with Gasteiger partial charge in [0, 0.05) is 17.5 Å². The van der Waals surface area contributed by atoms with Crippen molar-refractivity contribution in [3.05, 3.63) is 90.0 Å². The predicted molar refractivity (Wildman–Crippen MR) is 125 cm³/mol. The van der Waals surface area contributed by atoms with Gasteiger partial charge in [-0.1, -0.05) is 104 Å². The molecule has 0 atom stereocenters. The topological polar surface area (TPSA) is 0 Å². The van der Waals surface area contributed by atoms with Gasteiger partial charge in [0.25, 0.3) is 0 Å². The molecule has 0 aliphatic carbocycles. The maximum atomic E-state index is 2.29. The molecule has 0 saturated heterocycles. The van der Waals surface area contributed by atoms with Gasteiger partial charge in [-0.15, -0.1) is 0 Å². The summed E-state index contributed by atoms with van der Waals surface area (Å²) in [4.78, 5) is 4.38. The minimum atomic E-state index is 0. The third kappa shape index (κ3) is 6.01. The van der Waals surface area contributed by atoms with Crippen molar-refractivity contribution in [2.24, 2.45) is 0 Å². The molecule has 0 saturated carbocycles. The van der Waals surface area contributed by atoms with Crippen molar-refractivity contribution in [1.82, 2.24) is 0 Å². The summed E-state index contributed by atoms with van der Waals surface area (Å²) in [6, 6.07) is 28.6. The van der Waals surface area contributed by atoms with E-state index in [-0.39, 0.29) is 18.3 Å². The maximum absolute atomic E-state index is 2.29. The molecule has 0 amide bonds. The first-order chi connectivity index (χ1) is 12.9. The number of benzene rings is 3. The van der Waals surface area contributed by atoms with Gasteiger partial charge in [-0.2, -0.15) is 0 Å². The minimum absolute atomic E-state index is 0. The Kier molecular flexibility index (Phi) is 13.1. The van der Waals surface area contributed by atoms with Crippen molar-refractivity contribution in [2.75, 3.05) is 0 Å². The first kappa shape index (κ1) is 25.0. The summed E-state index contributed by atoms with van der Waals surface area (Å²) < 4.78 is 0. The number of hydrogen-bond acceptors (Lipinski definition) is 0. The molecule has 0 radical (unpaired) electrons. The monoisotopic (exact) mass is 381 g/mol. The van der Waals surface area contributed by atoms with Crippen LogP contribution in [-0.4, -0.2) is 0 Å². The molecule has 0 aromatic heterocycles. The van der Waals surface area contributed by atoms with Crippen LogP contribution in [0.4, 0.5) is 0 Å². The van der Waals surface area contributed by atoms with Crippen LogP contribution in [0, 0.1) is 0 Å². The summed E-state index contributed by atoms with van der Waals surface area (Å²) in [6.45, 7) is 12.0. The van der Waals surface area contributed by atoms with Gasteiger partial charge in [0.2, 0.25) is 0 Å². The van der Waals surface area contributed by atoms with Crippen LogP contribution in [0.1, 0.15) is 60.1 Å². The smallest absolute Gasteiger partial charge is 0.0776 e. The Morgan fingerprint density at radius 1 is 0.519 bits per heavy atom. The molecule has 3 aromatic carbocycles. The van der Waals surface area contributed by atoms with E-state index in [1.807, 2.05) is 41.5 Å². The molecule has 4 rings (SSSR count). The molecule has 0 nitrogen and oxygen atoms in total. The summed E-state index contributed by atoms with van der Waals surface area (Å²) in [5, 5.41) is 0. The molecule has 0 spiro atoms. The van der Waals surface area contributed by atoms with Gasteiger partial charge >= 0.3 is 0 Å². The fraction of sp³-hybridized carbons (Fsp3) is 0.308. The quantitative estimate of drug-likeness (QED) is 0.290. The fourth-order valence-corrected chi connectivity index (χ4v) is 5.24. The third-order valence-corrected chi connectivity index (χ3v) is 6.16. The minimum Gasteiger partial charge on any atom is -0.0776 e. The second-order valence-electron chi connectivity index (χ2n) is 5.01. The maximum Gasteiger partial charge on any atom is 0.170 e. The van der Waals surface area contributed by atoms with E-state index in [4.69, 9.17) is 0 Å². The van der Waals surface area contributed by atoms with Crippen LogP contribution in [0.15, 0.2) is 93.5 Å². The van der Waals surface area contributed by atoms with Gasteiger partial charge in [-0.05, 0) is 24.3 Å². The zero-order chi connectivity index (χ0) is 19.4. The van der Waals surface area contributed by atoms with E-state index in [9.17, 15) is 0 Å². The lowest BCUT2D eigenvalue weighted by Gasteiger charge is -2.19. The lowest BCUT2D eigenvalue weighted by Crippen LogP contribution is -2.15. The van der Waals surface area contributed by atoms with Gasteiger partial charge in [0.15, 0.2) is 14.7 Å². The highest BCUT2D eigenvalue weighted by molar-refractivity contribution is 7.97. The van der Waals surface area contributed by atoms with Gasteiger partial charge in [-0.3, -0.25) is 0 Å². The summed E-state index contributed by atoms with van der Waals surface area (Å²) in [7, 11) is 0.0421. The lowest BCUT2D eigenvalue weighted by atomic mass is 10.0. The molecule has 0 bridgehead atoms. The average molecular weight is 382 g/mol. The van der Waals surface area contributed by atoms with Crippen LogP contribution in [0.3, 0.4) is 0 Å². The molecule has 0 N–H and O–H groups in total. The summed E-state index contributed by atoms with van der Waals surface area (Å²) in [6.07, 6.45) is 1.06. The van der Waals surface area contributed by atoms with E-state index < -0.39 is 0 Å². The molecule has 1 aliphatic rings. The van der Waals surface area contributed by atoms with E-state index in [1.165, 1.54) is 25.8 Å². The Balaban J connectivity index is 0.000000885. The van der Waals surface area contributed by atoms with Gasteiger partial charge in [0.05, 0.1) is 10.9 Å². The van der Waals surface area contributed by atoms with Crippen LogP contribution in [0.25, 0.3) is 0 Å². The molecule has 1 heterocycles. The summed E-state index contributed by atoms with van der Waals surface area (Å²) in [5.41, 5.74) is 2.94. The lowest BCUT2D eigenvalue weighted by molar-refractivity contribution is 1.04. The van der Waals surface area contributed by atoms with Gasteiger partial charge in [-0.25, -0.2) is 0 Å². The molecule has 1 heteroatoms. The van der Waals surface area contributed by atoms with E-state index in [2.05, 4.69) is 78.9 Å². The molecule has 27 heavy (non-hydrogen) atoms. The second-order valence-corrected chi connectivity index (χ2v) is 6.97. The predicted octanol–water partition coefficient (Wildman–Crippen LogP) is 8.40. The molecule has 1 aliphatic heterocycles. The standard InChI is InChI=1S/C19H15S.3C2H6.CH4/c1-2-10-17(11-3-1)20-18-12-6-4-8-15(18)14-16-9-5-7-13-19(16)20;3*1-2;/h1-13H,14H2;3*1-2H3;1H4/q+1;;;;.